The molecule has 1 rings (SSSR count). The van der Waals surface area contributed by atoms with Crippen molar-refractivity contribution in [2.45, 2.75) is 20.4 Å². The van der Waals surface area contributed by atoms with E-state index in [1.807, 2.05) is 6.92 Å². The molecule has 4 nitrogen and oxygen atoms in total. The highest BCUT2D eigenvalue weighted by atomic mass is 16.1. The van der Waals surface area contributed by atoms with Crippen LogP contribution in [0.25, 0.3) is 0 Å². The Bertz CT molecular complexity index is 247. The lowest BCUT2D eigenvalue weighted by molar-refractivity contribution is 0.630. The minimum absolute atomic E-state index is 0.130. The molecular weight excluding hydrogens is 118 g/mol. The van der Waals surface area contributed by atoms with Crippen molar-refractivity contribution in [2.75, 3.05) is 0 Å². The van der Waals surface area contributed by atoms with Gasteiger partial charge in [-0.15, -0.1) is 0 Å². The van der Waals surface area contributed by atoms with E-state index in [-0.39, 0.29) is 5.69 Å². The summed E-state index contributed by atoms with van der Waals surface area (Å²) in [6.45, 7) is 4.26. The molecule has 0 bridgehead atoms. The molecule has 1 N–H and O–H groups in total. The molecule has 0 saturated carbocycles. The zero-order chi connectivity index (χ0) is 6.85. The van der Waals surface area contributed by atoms with Crippen molar-refractivity contribution < 1.29 is 0 Å². The topological polar surface area (TPSA) is 50.7 Å². The Hall–Kier alpha value is -1.06. The summed E-state index contributed by atoms with van der Waals surface area (Å²) in [5, 5.41) is 3.88. The summed E-state index contributed by atoms with van der Waals surface area (Å²) in [5.41, 5.74) is -0.130. The third-order valence-corrected chi connectivity index (χ3v) is 1.09. The number of aromatic nitrogens is 3. The van der Waals surface area contributed by atoms with Gasteiger partial charge in [0, 0.05) is 6.54 Å². The zero-order valence-electron chi connectivity index (χ0n) is 5.51. The number of rotatable bonds is 1. The molecule has 4 heteroatoms. The third-order valence-electron chi connectivity index (χ3n) is 1.09. The Morgan fingerprint density at radius 3 is 2.67 bits per heavy atom. The Labute approximate surface area is 52.5 Å². The average molecular weight is 127 g/mol. The van der Waals surface area contributed by atoms with Crippen molar-refractivity contribution in [3.8, 4) is 0 Å². The maximum atomic E-state index is 10.7. The fourth-order valence-electron chi connectivity index (χ4n) is 0.685. The smallest absolute Gasteiger partial charge is 0.293 e. The molecule has 0 unspecified atom stereocenters. The van der Waals surface area contributed by atoms with Crippen molar-refractivity contribution in [1.29, 1.82) is 0 Å². The number of nitrogens with zero attached hydrogens (tertiary/aromatic N) is 2. The molecular formula is C5H9N3O. The molecule has 0 atom stereocenters. The predicted octanol–water partition coefficient (Wildman–Crippen LogP) is -0.100. The van der Waals surface area contributed by atoms with E-state index in [4.69, 9.17) is 0 Å². The van der Waals surface area contributed by atoms with E-state index in [1.54, 1.807) is 6.92 Å². The average Bonchev–Trinajstić information content (AvgIpc) is 2.10. The third kappa shape index (κ3) is 1.01. The van der Waals surface area contributed by atoms with Gasteiger partial charge >= 0.3 is 5.69 Å². The zero-order valence-corrected chi connectivity index (χ0v) is 5.51. The first-order valence-electron chi connectivity index (χ1n) is 2.87. The van der Waals surface area contributed by atoms with Crippen LogP contribution in [0, 0.1) is 6.92 Å². The number of nitrogens with one attached hydrogen (secondary N) is 1. The molecule has 9 heavy (non-hydrogen) atoms. The standard InChI is InChI=1S/C5H9N3O/c1-3-8-5(9)6-4(2)7-8/h3H2,1-2H3,(H,6,7,9). The fourth-order valence-corrected chi connectivity index (χ4v) is 0.685. The van der Waals surface area contributed by atoms with Crippen molar-refractivity contribution in [2.24, 2.45) is 0 Å². The Morgan fingerprint density at radius 2 is 2.44 bits per heavy atom. The number of aromatic amines is 1. The summed E-state index contributed by atoms with van der Waals surface area (Å²) < 4.78 is 1.38. The van der Waals surface area contributed by atoms with Crippen LogP contribution in [-0.4, -0.2) is 14.8 Å². The summed E-state index contributed by atoms with van der Waals surface area (Å²) in [6.07, 6.45) is 0. The highest BCUT2D eigenvalue weighted by Gasteiger charge is 1.95. The van der Waals surface area contributed by atoms with E-state index in [0.717, 1.165) is 0 Å². The van der Waals surface area contributed by atoms with E-state index in [2.05, 4.69) is 10.1 Å². The lowest BCUT2D eigenvalue weighted by Gasteiger charge is -1.85. The van der Waals surface area contributed by atoms with Crippen LogP contribution in [-0.2, 0) is 6.54 Å². The first-order valence-corrected chi connectivity index (χ1v) is 2.87. The SMILES string of the molecule is CCn1nc(C)[nH]c1=O. The van der Waals surface area contributed by atoms with Gasteiger partial charge in [-0.25, -0.2) is 9.48 Å². The van der Waals surface area contributed by atoms with Gasteiger partial charge in [-0.1, -0.05) is 0 Å². The summed E-state index contributed by atoms with van der Waals surface area (Å²) >= 11 is 0. The van der Waals surface area contributed by atoms with Crippen LogP contribution < -0.4 is 5.69 Å². The molecule has 0 aliphatic carbocycles. The lowest BCUT2D eigenvalue weighted by Crippen LogP contribution is -2.16. The maximum absolute atomic E-state index is 10.7. The minimum atomic E-state index is -0.130. The molecule has 1 aromatic rings. The second kappa shape index (κ2) is 2.05. The molecule has 0 aliphatic heterocycles. The number of hydrogen-bond donors (Lipinski definition) is 1. The molecule has 1 heterocycles. The summed E-state index contributed by atoms with van der Waals surface area (Å²) in [4.78, 5) is 13.3. The van der Waals surface area contributed by atoms with E-state index in [9.17, 15) is 4.79 Å². The molecule has 0 fully saturated rings. The summed E-state index contributed by atoms with van der Waals surface area (Å²) in [6, 6.07) is 0. The quantitative estimate of drug-likeness (QED) is 0.572. The second-order valence-electron chi connectivity index (χ2n) is 1.83. The van der Waals surface area contributed by atoms with Gasteiger partial charge in [0.05, 0.1) is 0 Å². The molecule has 0 spiro atoms. The highest BCUT2D eigenvalue weighted by molar-refractivity contribution is 4.75. The number of H-pyrrole nitrogens is 1. The van der Waals surface area contributed by atoms with Crippen LogP contribution in [0.3, 0.4) is 0 Å². The summed E-state index contributed by atoms with van der Waals surface area (Å²) in [5.74, 6) is 0.668. The fraction of sp³-hybridized carbons (Fsp3) is 0.600. The van der Waals surface area contributed by atoms with Gasteiger partial charge in [-0.3, -0.25) is 4.98 Å². The minimum Gasteiger partial charge on any atom is -0.293 e. The van der Waals surface area contributed by atoms with Crippen molar-refractivity contribution in [3.05, 3.63) is 16.3 Å². The first-order chi connectivity index (χ1) is 4.24. The van der Waals surface area contributed by atoms with Crippen molar-refractivity contribution in [1.82, 2.24) is 14.8 Å². The molecule has 0 aromatic carbocycles. The van der Waals surface area contributed by atoms with Crippen LogP contribution in [0.15, 0.2) is 4.79 Å². The lowest BCUT2D eigenvalue weighted by atomic mass is 10.8. The molecule has 0 saturated heterocycles. The molecule has 0 aliphatic rings. The molecule has 1 aromatic heterocycles. The van der Waals surface area contributed by atoms with Crippen LogP contribution >= 0.6 is 0 Å². The van der Waals surface area contributed by atoms with Gasteiger partial charge in [0.2, 0.25) is 0 Å². The van der Waals surface area contributed by atoms with E-state index in [0.29, 0.717) is 12.4 Å². The van der Waals surface area contributed by atoms with Crippen LogP contribution in [0.2, 0.25) is 0 Å². The van der Waals surface area contributed by atoms with Crippen molar-refractivity contribution in [3.63, 3.8) is 0 Å². The largest absolute Gasteiger partial charge is 0.343 e. The van der Waals surface area contributed by atoms with Crippen LogP contribution in [0.5, 0.6) is 0 Å². The van der Waals surface area contributed by atoms with Gasteiger partial charge in [0.15, 0.2) is 0 Å². The Morgan fingerprint density at radius 1 is 1.78 bits per heavy atom. The Balaban J connectivity index is 3.16. The normalized spacial score (nSPS) is 10.0. The second-order valence-corrected chi connectivity index (χ2v) is 1.83. The number of aryl methyl sites for hydroxylation is 2. The van der Waals surface area contributed by atoms with Crippen LogP contribution in [0.1, 0.15) is 12.7 Å². The molecule has 0 radical (unpaired) electrons. The van der Waals surface area contributed by atoms with Gasteiger partial charge in [0.25, 0.3) is 0 Å². The van der Waals surface area contributed by atoms with Crippen molar-refractivity contribution >= 4 is 0 Å². The monoisotopic (exact) mass is 127 g/mol. The molecule has 0 amide bonds. The first kappa shape index (κ1) is 6.07. The molecule has 50 valence electrons. The van der Waals surface area contributed by atoms with Gasteiger partial charge in [-0.2, -0.15) is 5.10 Å². The van der Waals surface area contributed by atoms with Gasteiger partial charge in [0.1, 0.15) is 5.82 Å². The van der Waals surface area contributed by atoms with Gasteiger partial charge in [-0.05, 0) is 13.8 Å². The van der Waals surface area contributed by atoms with E-state index >= 15 is 0 Å². The summed E-state index contributed by atoms with van der Waals surface area (Å²) in [7, 11) is 0. The van der Waals surface area contributed by atoms with Crippen LogP contribution in [0.4, 0.5) is 0 Å². The van der Waals surface area contributed by atoms with E-state index < -0.39 is 0 Å². The van der Waals surface area contributed by atoms with E-state index in [1.165, 1.54) is 4.68 Å². The highest BCUT2D eigenvalue weighted by Crippen LogP contribution is 1.77. The van der Waals surface area contributed by atoms with Gasteiger partial charge < -0.3 is 0 Å². The maximum Gasteiger partial charge on any atom is 0.343 e. The number of hydrogen-bond acceptors (Lipinski definition) is 2. The predicted molar refractivity (Wildman–Crippen MR) is 33.3 cm³/mol. The Kier molecular flexibility index (Phi) is 1.38.